The average molecular weight is 289 g/mol. The van der Waals surface area contributed by atoms with Gasteiger partial charge in [0.25, 0.3) is 0 Å². The summed E-state index contributed by atoms with van der Waals surface area (Å²) in [5.74, 6) is 6.64. The first-order valence-corrected chi connectivity index (χ1v) is 6.95. The highest BCUT2D eigenvalue weighted by molar-refractivity contribution is 6.37. The molecule has 0 radical (unpaired) electrons. The van der Waals surface area contributed by atoms with Crippen LogP contribution in [-0.2, 0) is 0 Å². The predicted octanol–water partition coefficient (Wildman–Crippen LogP) is 3.44. The lowest BCUT2D eigenvalue weighted by Crippen LogP contribution is -2.35. The highest BCUT2D eigenvalue weighted by Gasteiger charge is 2.32. The summed E-state index contributed by atoms with van der Waals surface area (Å²) in [4.78, 5) is 6.72. The SMILES string of the molecule is CCC1CCC(C)N1c1nc(NN)c(Cl)cc1Cl. The minimum Gasteiger partial charge on any atom is -0.350 e. The number of aromatic nitrogens is 1. The Morgan fingerprint density at radius 3 is 2.78 bits per heavy atom. The Balaban J connectivity index is 2.43. The highest BCUT2D eigenvalue weighted by atomic mass is 35.5. The van der Waals surface area contributed by atoms with Crippen molar-refractivity contribution in [3.05, 3.63) is 16.1 Å². The van der Waals surface area contributed by atoms with Gasteiger partial charge in [-0.2, -0.15) is 0 Å². The Kier molecular flexibility index (Phi) is 4.20. The maximum absolute atomic E-state index is 6.27. The molecule has 0 amide bonds. The van der Waals surface area contributed by atoms with Gasteiger partial charge in [0.05, 0.1) is 10.0 Å². The highest BCUT2D eigenvalue weighted by Crippen LogP contribution is 2.37. The first kappa shape index (κ1) is 13.7. The number of rotatable bonds is 3. The fraction of sp³-hybridized carbons (Fsp3) is 0.583. The van der Waals surface area contributed by atoms with Gasteiger partial charge < -0.3 is 10.3 Å². The van der Waals surface area contributed by atoms with Crippen LogP contribution in [0, 0.1) is 0 Å². The van der Waals surface area contributed by atoms with E-state index in [1.165, 1.54) is 6.42 Å². The second-order valence-corrected chi connectivity index (χ2v) is 5.48. The van der Waals surface area contributed by atoms with Crippen LogP contribution in [0.4, 0.5) is 11.6 Å². The molecule has 2 rings (SSSR count). The van der Waals surface area contributed by atoms with Crippen LogP contribution >= 0.6 is 23.2 Å². The molecule has 0 saturated carbocycles. The molecule has 3 N–H and O–H groups in total. The minimum atomic E-state index is 0.436. The zero-order valence-corrected chi connectivity index (χ0v) is 12.1. The fourth-order valence-electron chi connectivity index (χ4n) is 2.59. The van der Waals surface area contributed by atoms with E-state index in [1.54, 1.807) is 6.07 Å². The maximum Gasteiger partial charge on any atom is 0.161 e. The van der Waals surface area contributed by atoms with Gasteiger partial charge in [0.1, 0.15) is 0 Å². The number of hydrogen-bond acceptors (Lipinski definition) is 4. The molecule has 1 fully saturated rings. The quantitative estimate of drug-likeness (QED) is 0.661. The molecule has 1 aromatic rings. The molecule has 2 unspecified atom stereocenters. The van der Waals surface area contributed by atoms with Gasteiger partial charge in [0.2, 0.25) is 0 Å². The van der Waals surface area contributed by atoms with E-state index in [9.17, 15) is 0 Å². The van der Waals surface area contributed by atoms with Gasteiger partial charge in [-0.15, -0.1) is 0 Å². The number of nitrogens with one attached hydrogen (secondary N) is 1. The van der Waals surface area contributed by atoms with E-state index in [1.807, 2.05) is 0 Å². The number of nitrogens with zero attached hydrogens (tertiary/aromatic N) is 2. The van der Waals surface area contributed by atoms with E-state index in [-0.39, 0.29) is 0 Å². The summed E-state index contributed by atoms with van der Waals surface area (Å²) in [6.07, 6.45) is 3.41. The van der Waals surface area contributed by atoms with E-state index in [0.29, 0.717) is 27.9 Å². The van der Waals surface area contributed by atoms with Crippen molar-refractivity contribution in [2.24, 2.45) is 5.84 Å². The fourth-order valence-corrected chi connectivity index (χ4v) is 3.10. The van der Waals surface area contributed by atoms with E-state index in [0.717, 1.165) is 18.7 Å². The normalized spacial score (nSPS) is 23.5. The summed E-state index contributed by atoms with van der Waals surface area (Å²) in [5, 5.41) is 1.01. The Morgan fingerprint density at radius 2 is 2.17 bits per heavy atom. The Hall–Kier alpha value is -0.710. The standard InChI is InChI=1S/C12H18Cl2N4/c1-3-8-5-4-7(2)18(8)12-10(14)6-9(13)11(16-12)17-15/h6-8H,3-5,15H2,1-2H3,(H,16,17). The summed E-state index contributed by atoms with van der Waals surface area (Å²) in [6, 6.07) is 2.61. The van der Waals surface area contributed by atoms with Crippen LogP contribution in [0.5, 0.6) is 0 Å². The molecule has 0 aromatic carbocycles. The van der Waals surface area contributed by atoms with Crippen molar-refractivity contribution in [1.82, 2.24) is 4.98 Å². The summed E-state index contributed by atoms with van der Waals surface area (Å²) in [7, 11) is 0. The van der Waals surface area contributed by atoms with Gasteiger partial charge in [-0.25, -0.2) is 10.8 Å². The van der Waals surface area contributed by atoms with Crippen LogP contribution in [0.25, 0.3) is 0 Å². The third-order valence-corrected chi connectivity index (χ3v) is 4.12. The Labute approximate surface area is 117 Å². The van der Waals surface area contributed by atoms with Crippen LogP contribution in [0.2, 0.25) is 10.0 Å². The Bertz CT molecular complexity index is 438. The van der Waals surface area contributed by atoms with Crippen molar-refractivity contribution >= 4 is 34.8 Å². The zero-order valence-electron chi connectivity index (χ0n) is 10.6. The number of pyridine rings is 1. The third-order valence-electron chi connectivity index (χ3n) is 3.55. The number of hydrogen-bond donors (Lipinski definition) is 2. The number of anilines is 2. The maximum atomic E-state index is 6.27. The van der Waals surface area contributed by atoms with Gasteiger partial charge in [0.15, 0.2) is 11.6 Å². The van der Waals surface area contributed by atoms with E-state index < -0.39 is 0 Å². The lowest BCUT2D eigenvalue weighted by atomic mass is 10.1. The molecular formula is C12H18Cl2N4. The second-order valence-electron chi connectivity index (χ2n) is 4.66. The summed E-state index contributed by atoms with van der Waals surface area (Å²) in [5.41, 5.74) is 2.51. The second kappa shape index (κ2) is 5.51. The van der Waals surface area contributed by atoms with E-state index in [2.05, 4.69) is 29.2 Å². The van der Waals surface area contributed by atoms with Gasteiger partial charge in [0, 0.05) is 12.1 Å². The van der Waals surface area contributed by atoms with Crippen molar-refractivity contribution in [3.63, 3.8) is 0 Å². The number of nitrogens with two attached hydrogens (primary N) is 1. The lowest BCUT2D eigenvalue weighted by molar-refractivity contribution is 0.621. The van der Waals surface area contributed by atoms with Crippen LogP contribution in [0.15, 0.2) is 6.07 Å². The minimum absolute atomic E-state index is 0.436. The summed E-state index contributed by atoms with van der Waals surface area (Å²) >= 11 is 12.3. The third kappa shape index (κ3) is 2.37. The van der Waals surface area contributed by atoms with Crippen LogP contribution in [0.3, 0.4) is 0 Å². The van der Waals surface area contributed by atoms with Crippen molar-refractivity contribution in [2.45, 2.75) is 45.2 Å². The topological polar surface area (TPSA) is 54.2 Å². The molecule has 1 saturated heterocycles. The van der Waals surface area contributed by atoms with Crippen molar-refractivity contribution in [3.8, 4) is 0 Å². The molecule has 2 atom stereocenters. The number of halogens is 2. The molecule has 0 bridgehead atoms. The van der Waals surface area contributed by atoms with Crippen molar-refractivity contribution < 1.29 is 0 Å². The molecule has 1 aliphatic heterocycles. The van der Waals surface area contributed by atoms with Crippen LogP contribution in [-0.4, -0.2) is 17.1 Å². The Morgan fingerprint density at radius 1 is 1.44 bits per heavy atom. The van der Waals surface area contributed by atoms with Gasteiger partial charge in [-0.05, 0) is 32.3 Å². The molecule has 2 heterocycles. The molecule has 1 aromatic heterocycles. The first-order valence-electron chi connectivity index (χ1n) is 6.19. The smallest absolute Gasteiger partial charge is 0.161 e. The number of hydrazine groups is 1. The van der Waals surface area contributed by atoms with Crippen LogP contribution < -0.4 is 16.2 Å². The molecule has 0 spiro atoms. The summed E-state index contributed by atoms with van der Waals surface area (Å²) < 4.78 is 0. The monoisotopic (exact) mass is 288 g/mol. The van der Waals surface area contributed by atoms with Gasteiger partial charge in [-0.3, -0.25) is 0 Å². The molecule has 6 heteroatoms. The predicted molar refractivity (Wildman–Crippen MR) is 77.3 cm³/mol. The molecule has 0 aliphatic carbocycles. The van der Waals surface area contributed by atoms with Crippen molar-refractivity contribution in [1.29, 1.82) is 0 Å². The number of nitrogen functional groups attached to an aromatic ring is 1. The van der Waals surface area contributed by atoms with E-state index >= 15 is 0 Å². The zero-order chi connectivity index (χ0) is 13.3. The molecule has 18 heavy (non-hydrogen) atoms. The largest absolute Gasteiger partial charge is 0.350 e. The summed E-state index contributed by atoms with van der Waals surface area (Å²) in [6.45, 7) is 4.37. The average Bonchev–Trinajstić information content (AvgIpc) is 2.71. The van der Waals surface area contributed by atoms with Crippen LogP contribution in [0.1, 0.15) is 33.1 Å². The molecule has 1 aliphatic rings. The molecular weight excluding hydrogens is 271 g/mol. The van der Waals surface area contributed by atoms with Gasteiger partial charge in [-0.1, -0.05) is 30.1 Å². The first-order chi connectivity index (χ1) is 8.58. The van der Waals surface area contributed by atoms with Gasteiger partial charge >= 0.3 is 0 Å². The lowest BCUT2D eigenvalue weighted by Gasteiger charge is -2.30. The molecule has 4 nitrogen and oxygen atoms in total. The van der Waals surface area contributed by atoms with Crippen molar-refractivity contribution in [2.75, 3.05) is 10.3 Å². The van der Waals surface area contributed by atoms with E-state index in [4.69, 9.17) is 29.0 Å². The molecule has 100 valence electrons.